The molecule has 1 aliphatic rings. The summed E-state index contributed by atoms with van der Waals surface area (Å²) in [6.07, 6.45) is 4.31. The van der Waals surface area contributed by atoms with Crippen molar-refractivity contribution >= 4 is 17.1 Å². The predicted octanol–water partition coefficient (Wildman–Crippen LogP) is 5.40. The Morgan fingerprint density at radius 1 is 1.27 bits per heavy atom. The number of hydrogen-bond acceptors (Lipinski definition) is 5. The van der Waals surface area contributed by atoms with Crippen LogP contribution in [-0.4, -0.2) is 29.1 Å². The van der Waals surface area contributed by atoms with E-state index >= 15 is 0 Å². The van der Waals surface area contributed by atoms with Crippen LogP contribution in [0.15, 0.2) is 48.7 Å². The predicted molar refractivity (Wildman–Crippen MR) is 112 cm³/mol. The zero-order chi connectivity index (χ0) is 22.0. The molecule has 0 amide bonds. The van der Waals surface area contributed by atoms with Crippen molar-refractivity contribution < 1.29 is 23.0 Å². The van der Waals surface area contributed by atoms with Crippen LogP contribution >= 0.6 is 0 Å². The van der Waals surface area contributed by atoms with Gasteiger partial charge in [0, 0.05) is 24.0 Å². The molecule has 8 heteroatoms. The molecule has 30 heavy (non-hydrogen) atoms. The highest BCUT2D eigenvalue weighted by Gasteiger charge is 2.30. The molecule has 0 unspecified atom stereocenters. The van der Waals surface area contributed by atoms with E-state index in [-0.39, 0.29) is 11.9 Å². The number of aromatic nitrogens is 1. The number of halogens is 3. The Balaban J connectivity index is 0.000000558. The molecule has 5 nitrogen and oxygen atoms in total. The van der Waals surface area contributed by atoms with Gasteiger partial charge in [-0.2, -0.15) is 0 Å². The molecular formula is C22H28F3N3O2. The van der Waals surface area contributed by atoms with Gasteiger partial charge in [0.2, 0.25) is 0 Å². The monoisotopic (exact) mass is 423 g/mol. The quantitative estimate of drug-likeness (QED) is 0.556. The molecule has 0 radical (unpaired) electrons. The Hall–Kier alpha value is -2.58. The number of anilines is 2. The number of nitrogens with two attached hydrogens (primary N) is 1. The van der Waals surface area contributed by atoms with E-state index in [0.29, 0.717) is 18.1 Å². The molecule has 1 saturated carbocycles. The maximum absolute atomic E-state index is 12.2. The lowest BCUT2D eigenvalue weighted by molar-refractivity contribution is -0.274. The molecule has 1 aliphatic carbocycles. The molecule has 0 saturated heterocycles. The first-order chi connectivity index (χ1) is 14.3. The number of aliphatic hydroxyl groups is 1. The maximum Gasteiger partial charge on any atom is 0.573 e. The second-order valence-electron chi connectivity index (χ2n) is 6.90. The van der Waals surface area contributed by atoms with Crippen molar-refractivity contribution in [1.29, 1.82) is 0 Å². The number of unbranched alkanes of at least 4 members (excludes halogenated alkanes) is 1. The van der Waals surface area contributed by atoms with E-state index in [1.807, 2.05) is 12.1 Å². The number of aliphatic hydroxyl groups excluding tert-OH is 1. The van der Waals surface area contributed by atoms with Crippen molar-refractivity contribution in [2.75, 3.05) is 11.9 Å². The Labute approximate surface area is 174 Å². The van der Waals surface area contributed by atoms with Crippen LogP contribution in [0.25, 0.3) is 5.57 Å². The normalized spacial score (nSPS) is 14.4. The number of ether oxygens (including phenoxy) is 1. The third kappa shape index (κ3) is 8.04. The summed E-state index contributed by atoms with van der Waals surface area (Å²) in [6.45, 7) is 2.45. The second-order valence-corrected chi connectivity index (χ2v) is 6.90. The molecule has 0 bridgehead atoms. The molecule has 4 N–H and O–H groups in total. The summed E-state index contributed by atoms with van der Waals surface area (Å²) in [4.78, 5) is 4.31. The van der Waals surface area contributed by atoms with Gasteiger partial charge in [-0.25, -0.2) is 4.98 Å². The summed E-state index contributed by atoms with van der Waals surface area (Å²) in [5, 5.41) is 11.6. The lowest BCUT2D eigenvalue weighted by Gasteiger charge is -2.17. The number of pyridine rings is 1. The molecule has 1 fully saturated rings. The van der Waals surface area contributed by atoms with Gasteiger partial charge in [0.1, 0.15) is 11.6 Å². The summed E-state index contributed by atoms with van der Waals surface area (Å²) in [5.74, 6) is 0.324. The third-order valence-electron chi connectivity index (χ3n) is 4.48. The van der Waals surface area contributed by atoms with Crippen LogP contribution in [0.1, 0.15) is 44.6 Å². The molecule has 2 aromatic rings. The van der Waals surface area contributed by atoms with Crippen molar-refractivity contribution in [3.05, 3.63) is 54.2 Å². The number of hydrogen-bond donors (Lipinski definition) is 3. The molecule has 1 aromatic carbocycles. The van der Waals surface area contributed by atoms with Crippen LogP contribution in [0.5, 0.6) is 5.75 Å². The summed E-state index contributed by atoms with van der Waals surface area (Å²) in [7, 11) is 0. The van der Waals surface area contributed by atoms with Gasteiger partial charge in [-0.15, -0.1) is 13.2 Å². The average Bonchev–Trinajstić information content (AvgIpc) is 2.69. The third-order valence-corrected chi connectivity index (χ3v) is 4.48. The van der Waals surface area contributed by atoms with Crippen LogP contribution < -0.4 is 15.8 Å². The molecule has 164 valence electrons. The van der Waals surface area contributed by atoms with E-state index in [9.17, 15) is 13.2 Å². The Kier molecular flexibility index (Phi) is 9.14. The van der Waals surface area contributed by atoms with Crippen molar-refractivity contribution in [2.24, 2.45) is 5.73 Å². The van der Waals surface area contributed by atoms with Gasteiger partial charge in [-0.05, 0) is 67.7 Å². The van der Waals surface area contributed by atoms with Gasteiger partial charge in [-0.3, -0.25) is 0 Å². The van der Waals surface area contributed by atoms with Crippen LogP contribution in [-0.2, 0) is 0 Å². The SMILES string of the molecule is CCC/C=C(/CN)c1cccnc1Nc1ccc(OC(F)(F)F)cc1.OC1CCC1. The second kappa shape index (κ2) is 11.6. The van der Waals surface area contributed by atoms with Crippen molar-refractivity contribution in [3.63, 3.8) is 0 Å². The van der Waals surface area contributed by atoms with Crippen LogP contribution in [0.3, 0.4) is 0 Å². The molecule has 0 atom stereocenters. The summed E-state index contributed by atoms with van der Waals surface area (Å²) < 4.78 is 40.5. The standard InChI is InChI=1S/C18H20F3N3O.C4H8O/c1-2-3-5-13(12-22)16-6-4-11-23-17(16)24-14-7-9-15(10-8-14)25-18(19,20)21;5-4-2-1-3-4/h4-11H,2-3,12,22H2,1H3,(H,23,24);4-5H,1-3H2/b13-5-;. The first-order valence-corrected chi connectivity index (χ1v) is 9.97. The number of benzene rings is 1. The van der Waals surface area contributed by atoms with Crippen molar-refractivity contribution in [3.8, 4) is 5.75 Å². The first kappa shape index (κ1) is 23.7. The van der Waals surface area contributed by atoms with Gasteiger partial charge in [0.05, 0.1) is 6.10 Å². The Morgan fingerprint density at radius 3 is 2.43 bits per heavy atom. The highest BCUT2D eigenvalue weighted by molar-refractivity contribution is 5.77. The van der Waals surface area contributed by atoms with Gasteiger partial charge in [0.25, 0.3) is 0 Å². The Bertz CT molecular complexity index is 804. The van der Waals surface area contributed by atoms with E-state index < -0.39 is 6.36 Å². The number of allylic oxidation sites excluding steroid dienone is 1. The zero-order valence-electron chi connectivity index (χ0n) is 17.0. The highest BCUT2D eigenvalue weighted by atomic mass is 19.4. The lowest BCUT2D eigenvalue weighted by Crippen LogP contribution is -2.17. The van der Waals surface area contributed by atoms with Crippen molar-refractivity contribution in [1.82, 2.24) is 4.98 Å². The smallest absolute Gasteiger partial charge is 0.406 e. The minimum Gasteiger partial charge on any atom is -0.406 e. The summed E-state index contributed by atoms with van der Waals surface area (Å²) >= 11 is 0. The summed E-state index contributed by atoms with van der Waals surface area (Å²) in [6, 6.07) is 9.21. The maximum atomic E-state index is 12.2. The van der Waals surface area contributed by atoms with Crippen LogP contribution in [0, 0.1) is 0 Å². The van der Waals surface area contributed by atoms with Gasteiger partial charge >= 0.3 is 6.36 Å². The Morgan fingerprint density at radius 2 is 1.93 bits per heavy atom. The largest absolute Gasteiger partial charge is 0.573 e. The van der Waals surface area contributed by atoms with E-state index in [0.717, 1.165) is 36.8 Å². The van der Waals surface area contributed by atoms with Gasteiger partial charge in [-0.1, -0.05) is 19.4 Å². The fourth-order valence-electron chi connectivity index (χ4n) is 2.65. The molecule has 0 aliphatic heterocycles. The van der Waals surface area contributed by atoms with E-state index in [1.54, 1.807) is 6.20 Å². The fourth-order valence-corrected chi connectivity index (χ4v) is 2.65. The molecular weight excluding hydrogens is 395 g/mol. The van der Waals surface area contributed by atoms with E-state index in [2.05, 4.69) is 28.0 Å². The minimum atomic E-state index is -4.71. The van der Waals surface area contributed by atoms with E-state index in [1.165, 1.54) is 30.7 Å². The summed E-state index contributed by atoms with van der Waals surface area (Å²) in [5.41, 5.74) is 8.27. The molecule has 3 rings (SSSR count). The van der Waals surface area contributed by atoms with Crippen LogP contribution in [0.2, 0.25) is 0 Å². The molecule has 1 heterocycles. The van der Waals surface area contributed by atoms with E-state index in [4.69, 9.17) is 10.8 Å². The highest BCUT2D eigenvalue weighted by Crippen LogP contribution is 2.28. The van der Waals surface area contributed by atoms with Crippen LogP contribution in [0.4, 0.5) is 24.7 Å². The average molecular weight is 423 g/mol. The number of nitrogens with zero attached hydrogens (tertiary/aromatic N) is 1. The first-order valence-electron chi connectivity index (χ1n) is 9.97. The number of rotatable bonds is 7. The minimum absolute atomic E-state index is 0.0648. The molecule has 0 spiro atoms. The molecule has 1 aromatic heterocycles. The topological polar surface area (TPSA) is 80.4 Å². The zero-order valence-corrected chi connectivity index (χ0v) is 17.0. The number of nitrogens with one attached hydrogen (secondary N) is 1. The fraction of sp³-hybridized carbons (Fsp3) is 0.409. The lowest BCUT2D eigenvalue weighted by atomic mass is 9.97. The van der Waals surface area contributed by atoms with Gasteiger partial charge < -0.3 is 20.9 Å². The number of alkyl halides is 3. The van der Waals surface area contributed by atoms with Crippen molar-refractivity contribution in [2.45, 2.75) is 51.5 Å². The van der Waals surface area contributed by atoms with Gasteiger partial charge in [0.15, 0.2) is 0 Å².